The molecule has 2 aromatic heterocycles. The molecule has 5 rings (SSSR count). The number of nitrogens with zero attached hydrogens (tertiary/aromatic N) is 4. The lowest BCUT2D eigenvalue weighted by Crippen LogP contribution is -2.43. The molecule has 5 heteroatoms. The predicted molar refractivity (Wildman–Crippen MR) is 124 cm³/mol. The van der Waals surface area contributed by atoms with Gasteiger partial charge in [-0.2, -0.15) is 0 Å². The quantitative estimate of drug-likeness (QED) is 0.627. The second kappa shape index (κ2) is 10.3. The van der Waals surface area contributed by atoms with Gasteiger partial charge in [-0.3, -0.25) is 9.88 Å². The number of pyridine rings is 1. The smallest absolute Gasteiger partial charge is 0.0702 e. The van der Waals surface area contributed by atoms with E-state index in [2.05, 4.69) is 43.7 Å². The summed E-state index contributed by atoms with van der Waals surface area (Å²) in [6.45, 7) is 6.76. The first-order valence-corrected chi connectivity index (χ1v) is 12.5. The molecule has 0 aromatic carbocycles. The molecule has 2 saturated heterocycles. The fourth-order valence-corrected chi connectivity index (χ4v) is 5.94. The highest BCUT2D eigenvalue weighted by molar-refractivity contribution is 5.32. The van der Waals surface area contributed by atoms with Gasteiger partial charge in [0, 0.05) is 50.4 Å². The number of hydrogen-bond acceptors (Lipinski definition) is 4. The molecule has 2 aromatic rings. The Bertz CT molecular complexity index is 787. The van der Waals surface area contributed by atoms with E-state index in [1.165, 1.54) is 76.7 Å². The second-order valence-corrected chi connectivity index (χ2v) is 9.83. The number of rotatable bonds is 8. The summed E-state index contributed by atoms with van der Waals surface area (Å²) < 4.78 is 8.31. The largest absolute Gasteiger partial charge is 0.377 e. The Balaban J connectivity index is 1.23. The highest BCUT2D eigenvalue weighted by Gasteiger charge is 2.29. The van der Waals surface area contributed by atoms with Gasteiger partial charge in [0.2, 0.25) is 0 Å². The third-order valence-electron chi connectivity index (χ3n) is 7.64. The molecule has 3 aliphatic rings. The zero-order valence-electron chi connectivity index (χ0n) is 18.9. The van der Waals surface area contributed by atoms with Crippen LogP contribution in [0.15, 0.2) is 42.9 Å². The Hall–Kier alpha value is -1.69. The van der Waals surface area contributed by atoms with E-state index in [4.69, 9.17) is 4.74 Å². The van der Waals surface area contributed by atoms with Crippen LogP contribution in [0.5, 0.6) is 0 Å². The van der Waals surface area contributed by atoms with Crippen molar-refractivity contribution < 1.29 is 4.74 Å². The summed E-state index contributed by atoms with van der Waals surface area (Å²) in [5.41, 5.74) is 2.49. The Morgan fingerprint density at radius 3 is 2.58 bits per heavy atom. The molecule has 2 aliphatic heterocycles. The molecule has 168 valence electrons. The van der Waals surface area contributed by atoms with Crippen molar-refractivity contribution in [2.45, 2.75) is 70.1 Å². The molecule has 1 saturated carbocycles. The number of hydrogen-bond donors (Lipinski definition) is 0. The van der Waals surface area contributed by atoms with Crippen LogP contribution in [0.4, 0.5) is 0 Å². The predicted octanol–water partition coefficient (Wildman–Crippen LogP) is 4.51. The monoisotopic (exact) mass is 422 g/mol. The van der Waals surface area contributed by atoms with Crippen molar-refractivity contribution in [3.63, 3.8) is 0 Å². The fraction of sp³-hybridized carbons (Fsp3) is 0.654. The lowest BCUT2D eigenvalue weighted by molar-refractivity contribution is 0.0534. The van der Waals surface area contributed by atoms with Gasteiger partial charge >= 0.3 is 0 Å². The van der Waals surface area contributed by atoms with E-state index < -0.39 is 0 Å². The standard InChI is InChI=1S/C26H38N4O/c1-2-7-23(6-1)29-15-11-22(12-16-29)19-28(21-26-10-5-17-31-26)20-25-9-4-14-30(25)24-8-3-13-27-18-24/h3-4,8-9,13-14,18,22-23,26H,1-2,5-7,10-12,15-17,19-21H2/t26-/m0/s1. The zero-order chi connectivity index (χ0) is 20.9. The molecule has 31 heavy (non-hydrogen) atoms. The maximum atomic E-state index is 6.02. The lowest BCUT2D eigenvalue weighted by atomic mass is 9.94. The van der Waals surface area contributed by atoms with E-state index in [0.29, 0.717) is 6.10 Å². The average molecular weight is 423 g/mol. The molecule has 0 bridgehead atoms. The molecule has 1 aliphatic carbocycles. The van der Waals surface area contributed by atoms with Gasteiger partial charge in [0.15, 0.2) is 0 Å². The van der Waals surface area contributed by atoms with Crippen LogP contribution in [0.25, 0.3) is 5.69 Å². The third kappa shape index (κ3) is 5.39. The highest BCUT2D eigenvalue weighted by atomic mass is 16.5. The average Bonchev–Trinajstić information content (AvgIpc) is 3.58. The molecule has 1 atom stereocenters. The number of piperidine rings is 1. The minimum Gasteiger partial charge on any atom is -0.377 e. The fourth-order valence-electron chi connectivity index (χ4n) is 5.94. The lowest BCUT2D eigenvalue weighted by Gasteiger charge is -2.38. The van der Waals surface area contributed by atoms with Crippen molar-refractivity contribution in [3.8, 4) is 5.69 Å². The molecule has 5 nitrogen and oxygen atoms in total. The van der Waals surface area contributed by atoms with Crippen LogP contribution in [0.3, 0.4) is 0 Å². The first kappa shape index (κ1) is 21.2. The van der Waals surface area contributed by atoms with Crippen LogP contribution in [-0.4, -0.2) is 64.3 Å². The zero-order valence-corrected chi connectivity index (χ0v) is 18.9. The van der Waals surface area contributed by atoms with Crippen molar-refractivity contribution in [3.05, 3.63) is 48.5 Å². The Labute approximate surface area is 187 Å². The Morgan fingerprint density at radius 2 is 1.84 bits per heavy atom. The van der Waals surface area contributed by atoms with Crippen LogP contribution in [0, 0.1) is 5.92 Å². The van der Waals surface area contributed by atoms with Crippen LogP contribution in [0.1, 0.15) is 57.1 Å². The van der Waals surface area contributed by atoms with Gasteiger partial charge in [0.25, 0.3) is 0 Å². The van der Waals surface area contributed by atoms with Gasteiger partial charge in [0.05, 0.1) is 18.0 Å². The summed E-state index contributed by atoms with van der Waals surface area (Å²) in [4.78, 5) is 9.79. The summed E-state index contributed by atoms with van der Waals surface area (Å²) in [6, 6.07) is 9.46. The maximum absolute atomic E-state index is 6.02. The van der Waals surface area contributed by atoms with Crippen molar-refractivity contribution in [2.24, 2.45) is 5.92 Å². The first-order chi connectivity index (χ1) is 15.3. The van der Waals surface area contributed by atoms with Crippen LogP contribution in [0.2, 0.25) is 0 Å². The summed E-state index contributed by atoms with van der Waals surface area (Å²) in [7, 11) is 0. The van der Waals surface area contributed by atoms with Crippen molar-refractivity contribution in [1.82, 2.24) is 19.4 Å². The molecule has 0 spiro atoms. The number of likely N-dealkylation sites (tertiary alicyclic amines) is 1. The molecule has 0 amide bonds. The SMILES string of the molecule is c1cncc(-n2cccc2CN(CC2CCN(C3CCCC3)CC2)C[C@@H]2CCCO2)c1. The third-order valence-corrected chi connectivity index (χ3v) is 7.64. The van der Waals surface area contributed by atoms with Crippen LogP contribution < -0.4 is 0 Å². The van der Waals surface area contributed by atoms with Crippen molar-refractivity contribution in [1.29, 1.82) is 0 Å². The van der Waals surface area contributed by atoms with Crippen LogP contribution >= 0.6 is 0 Å². The molecule has 3 fully saturated rings. The maximum Gasteiger partial charge on any atom is 0.0702 e. The molecule has 0 N–H and O–H groups in total. The van der Waals surface area contributed by atoms with E-state index in [-0.39, 0.29) is 0 Å². The molecular weight excluding hydrogens is 384 g/mol. The van der Waals surface area contributed by atoms with E-state index in [0.717, 1.165) is 37.3 Å². The summed E-state index contributed by atoms with van der Waals surface area (Å²) in [5, 5.41) is 0. The van der Waals surface area contributed by atoms with E-state index in [1.54, 1.807) is 0 Å². The van der Waals surface area contributed by atoms with Gasteiger partial charge in [-0.25, -0.2) is 0 Å². The normalized spacial score (nSPS) is 23.8. The minimum atomic E-state index is 0.403. The van der Waals surface area contributed by atoms with Gasteiger partial charge in [-0.05, 0) is 81.8 Å². The number of ether oxygens (including phenoxy) is 1. The van der Waals surface area contributed by atoms with Gasteiger partial charge in [-0.15, -0.1) is 0 Å². The molecule has 4 heterocycles. The topological polar surface area (TPSA) is 33.5 Å². The minimum absolute atomic E-state index is 0.403. The van der Waals surface area contributed by atoms with Crippen LogP contribution in [-0.2, 0) is 11.3 Å². The number of aromatic nitrogens is 2. The summed E-state index contributed by atoms with van der Waals surface area (Å²) in [5.74, 6) is 0.806. The van der Waals surface area contributed by atoms with Gasteiger partial charge in [0.1, 0.15) is 0 Å². The van der Waals surface area contributed by atoms with E-state index in [9.17, 15) is 0 Å². The summed E-state index contributed by atoms with van der Waals surface area (Å²) in [6.07, 6.45) is 17.2. The molecular formula is C26H38N4O. The molecule has 0 radical (unpaired) electrons. The first-order valence-electron chi connectivity index (χ1n) is 12.5. The van der Waals surface area contributed by atoms with Crippen molar-refractivity contribution >= 4 is 0 Å². The Morgan fingerprint density at radius 1 is 0.968 bits per heavy atom. The Kier molecular flexibility index (Phi) is 7.02. The summed E-state index contributed by atoms with van der Waals surface area (Å²) >= 11 is 0. The van der Waals surface area contributed by atoms with E-state index >= 15 is 0 Å². The molecule has 0 unspecified atom stereocenters. The van der Waals surface area contributed by atoms with Gasteiger partial charge < -0.3 is 14.2 Å². The van der Waals surface area contributed by atoms with Crippen molar-refractivity contribution in [2.75, 3.05) is 32.8 Å². The van der Waals surface area contributed by atoms with Gasteiger partial charge in [-0.1, -0.05) is 12.8 Å². The van der Waals surface area contributed by atoms with E-state index in [1.807, 2.05) is 18.5 Å². The second-order valence-electron chi connectivity index (χ2n) is 9.83. The highest BCUT2D eigenvalue weighted by Crippen LogP contribution is 2.29.